The number of benzene rings is 2. The fourth-order valence-electron chi connectivity index (χ4n) is 6.94. The highest BCUT2D eigenvalue weighted by Crippen LogP contribution is 2.37. The van der Waals surface area contributed by atoms with E-state index in [1.54, 1.807) is 25.8 Å². The van der Waals surface area contributed by atoms with Gasteiger partial charge in [-0.05, 0) is 88.0 Å². The highest BCUT2D eigenvalue weighted by Gasteiger charge is 2.35. The van der Waals surface area contributed by atoms with Gasteiger partial charge in [0.05, 0.1) is 11.3 Å². The van der Waals surface area contributed by atoms with E-state index in [0.29, 0.717) is 11.6 Å². The minimum Gasteiger partial charge on any atom is -0.389 e. The van der Waals surface area contributed by atoms with Crippen molar-refractivity contribution >= 4 is 29.1 Å². The standard InChI is InChI=1S/C33H42N6O2/c1-20-13-22(8-10-26(20)32(40)38(6)19-33(3,4)41)27-16-34-31-29(27)36-28(17-35-31)24-14-21(2)30-23(15-24)7-9-25-18-37(5)11-12-39(25)30/h8,10,13-17,25,29,31,34,41H,7,9,11-12,18-19H2,1-6H3/t25-,29?,31?/m1/s1. The molecule has 4 aliphatic rings. The zero-order valence-electron chi connectivity index (χ0n) is 25.1. The number of aryl methyl sites for hydroxylation is 3. The maximum absolute atomic E-state index is 13.1. The summed E-state index contributed by atoms with van der Waals surface area (Å²) in [5.74, 6) is -0.0965. The van der Waals surface area contributed by atoms with E-state index in [4.69, 9.17) is 9.98 Å². The largest absolute Gasteiger partial charge is 0.389 e. The summed E-state index contributed by atoms with van der Waals surface area (Å²) in [7, 11) is 3.95. The lowest BCUT2D eigenvalue weighted by Gasteiger charge is -2.46. The Morgan fingerprint density at radius 2 is 1.93 bits per heavy atom. The molecule has 8 heteroatoms. The molecule has 8 nitrogen and oxygen atoms in total. The Bertz CT molecular complexity index is 1470. The maximum Gasteiger partial charge on any atom is 0.253 e. The Morgan fingerprint density at radius 1 is 1.15 bits per heavy atom. The molecule has 1 amide bonds. The number of carbonyl (C=O) groups is 1. The molecule has 4 aliphatic heterocycles. The van der Waals surface area contributed by atoms with Crippen LogP contribution < -0.4 is 10.2 Å². The molecule has 1 saturated heterocycles. The van der Waals surface area contributed by atoms with Gasteiger partial charge in [-0.2, -0.15) is 0 Å². The first-order chi connectivity index (χ1) is 19.5. The van der Waals surface area contributed by atoms with Crippen LogP contribution in [-0.4, -0.2) is 96.9 Å². The van der Waals surface area contributed by atoms with Crippen LogP contribution in [0.15, 0.2) is 46.5 Å². The van der Waals surface area contributed by atoms with Crippen LogP contribution in [0.1, 0.15) is 58.4 Å². The number of amides is 1. The van der Waals surface area contributed by atoms with Crippen LogP contribution >= 0.6 is 0 Å². The normalized spacial score (nSPS) is 23.7. The highest BCUT2D eigenvalue weighted by atomic mass is 16.3. The zero-order valence-corrected chi connectivity index (χ0v) is 25.1. The molecule has 3 atom stereocenters. The monoisotopic (exact) mass is 554 g/mol. The van der Waals surface area contributed by atoms with Crippen LogP contribution in [0.3, 0.4) is 0 Å². The van der Waals surface area contributed by atoms with Crippen LogP contribution in [-0.2, 0) is 6.42 Å². The number of hydrogen-bond donors (Lipinski definition) is 2. The summed E-state index contributed by atoms with van der Waals surface area (Å²) < 4.78 is 0. The van der Waals surface area contributed by atoms with E-state index >= 15 is 0 Å². The molecule has 0 radical (unpaired) electrons. The molecule has 4 heterocycles. The molecule has 0 bridgehead atoms. The molecule has 0 aliphatic carbocycles. The summed E-state index contributed by atoms with van der Waals surface area (Å²) in [6, 6.07) is 11.0. The Hall–Kier alpha value is -3.49. The second-order valence-electron chi connectivity index (χ2n) is 12.9. The lowest BCUT2D eigenvalue weighted by atomic mass is 9.89. The molecule has 6 rings (SSSR count). The summed E-state index contributed by atoms with van der Waals surface area (Å²) in [5.41, 5.74) is 8.91. The third kappa shape index (κ3) is 5.31. The topological polar surface area (TPSA) is 83.8 Å². The van der Waals surface area contributed by atoms with Gasteiger partial charge in [-0.25, -0.2) is 0 Å². The van der Waals surface area contributed by atoms with Gasteiger partial charge in [0.25, 0.3) is 5.91 Å². The Labute approximate surface area is 243 Å². The van der Waals surface area contributed by atoms with Gasteiger partial charge in [0.15, 0.2) is 0 Å². The molecule has 0 aromatic heterocycles. The smallest absolute Gasteiger partial charge is 0.253 e. The predicted octanol–water partition coefficient (Wildman–Crippen LogP) is 3.43. The van der Waals surface area contributed by atoms with Crippen molar-refractivity contribution in [1.82, 2.24) is 15.1 Å². The number of nitrogens with one attached hydrogen (secondary N) is 1. The lowest BCUT2D eigenvalue weighted by molar-refractivity contribution is 0.0367. The number of aliphatic imine (C=N–C) groups is 2. The van der Waals surface area contributed by atoms with Crippen molar-refractivity contribution in [2.75, 3.05) is 45.2 Å². The summed E-state index contributed by atoms with van der Waals surface area (Å²) >= 11 is 0. The van der Waals surface area contributed by atoms with Gasteiger partial charge in [-0.15, -0.1) is 0 Å². The molecular formula is C33H42N6O2. The van der Waals surface area contributed by atoms with E-state index in [1.807, 2.05) is 31.5 Å². The van der Waals surface area contributed by atoms with Gasteiger partial charge >= 0.3 is 0 Å². The molecule has 0 saturated carbocycles. The Balaban J connectivity index is 1.25. The number of anilines is 1. The van der Waals surface area contributed by atoms with Crippen molar-refractivity contribution in [1.29, 1.82) is 0 Å². The molecule has 2 unspecified atom stereocenters. The highest BCUT2D eigenvalue weighted by molar-refractivity contribution is 6.39. The van der Waals surface area contributed by atoms with Gasteiger partial charge in [0, 0.05) is 74.1 Å². The molecule has 41 heavy (non-hydrogen) atoms. The van der Waals surface area contributed by atoms with E-state index in [0.717, 1.165) is 54.0 Å². The number of hydrogen-bond acceptors (Lipinski definition) is 7. The van der Waals surface area contributed by atoms with E-state index in [-0.39, 0.29) is 24.7 Å². The maximum atomic E-state index is 13.1. The van der Waals surface area contributed by atoms with Gasteiger partial charge in [0.2, 0.25) is 0 Å². The molecule has 0 spiro atoms. The van der Waals surface area contributed by atoms with Crippen molar-refractivity contribution in [3.63, 3.8) is 0 Å². The fourth-order valence-corrected chi connectivity index (χ4v) is 6.94. The van der Waals surface area contributed by atoms with Crippen LogP contribution in [0.2, 0.25) is 0 Å². The van der Waals surface area contributed by atoms with Crippen LogP contribution in [0.5, 0.6) is 0 Å². The first-order valence-corrected chi connectivity index (χ1v) is 14.7. The lowest BCUT2D eigenvalue weighted by Crippen LogP contribution is -2.54. The fraction of sp³-hybridized carbons (Fsp3) is 0.485. The summed E-state index contributed by atoms with van der Waals surface area (Å²) in [6.07, 6.45) is 6.09. The van der Waals surface area contributed by atoms with E-state index in [9.17, 15) is 9.90 Å². The number of aliphatic hydroxyl groups is 1. The average molecular weight is 555 g/mol. The number of likely N-dealkylation sites (N-methyl/N-ethyl adjacent to an activating group) is 2. The number of rotatable bonds is 5. The number of fused-ring (bicyclic) bond motifs is 4. The number of carbonyl (C=O) groups excluding carboxylic acids is 1. The Kier molecular flexibility index (Phi) is 7.02. The Morgan fingerprint density at radius 3 is 2.68 bits per heavy atom. The van der Waals surface area contributed by atoms with Crippen molar-refractivity contribution in [2.24, 2.45) is 9.98 Å². The zero-order chi connectivity index (χ0) is 29.1. The van der Waals surface area contributed by atoms with E-state index in [2.05, 4.69) is 47.3 Å². The van der Waals surface area contributed by atoms with E-state index in [1.165, 1.54) is 23.2 Å². The second kappa shape index (κ2) is 10.4. The van der Waals surface area contributed by atoms with Crippen molar-refractivity contribution in [3.8, 4) is 0 Å². The summed E-state index contributed by atoms with van der Waals surface area (Å²) in [6.45, 7) is 11.2. The van der Waals surface area contributed by atoms with Crippen LogP contribution in [0.4, 0.5) is 5.69 Å². The van der Waals surface area contributed by atoms with E-state index < -0.39 is 5.60 Å². The van der Waals surface area contributed by atoms with Crippen LogP contribution in [0, 0.1) is 13.8 Å². The quantitative estimate of drug-likeness (QED) is 0.592. The second-order valence-corrected chi connectivity index (χ2v) is 12.9. The molecule has 2 aromatic carbocycles. The molecular weight excluding hydrogens is 512 g/mol. The average Bonchev–Trinajstić information content (AvgIpc) is 3.34. The first-order valence-electron chi connectivity index (χ1n) is 14.7. The SMILES string of the molecule is Cc1cc(C2=CNC3N=CC(c4cc(C)c5c(c4)CC[C@@H]4CN(C)CCN54)=NC23)ccc1C(=O)N(C)CC(C)(C)O. The molecule has 2 N–H and O–H groups in total. The summed E-state index contributed by atoms with van der Waals surface area (Å²) in [4.78, 5) is 29.8. The van der Waals surface area contributed by atoms with Crippen molar-refractivity contribution in [3.05, 3.63) is 69.9 Å². The third-order valence-corrected chi connectivity index (χ3v) is 8.82. The van der Waals surface area contributed by atoms with Gasteiger partial charge in [-0.3, -0.25) is 14.8 Å². The van der Waals surface area contributed by atoms with Crippen LogP contribution in [0.25, 0.3) is 5.57 Å². The third-order valence-electron chi connectivity index (χ3n) is 8.82. The summed E-state index contributed by atoms with van der Waals surface area (Å²) in [5, 5.41) is 13.5. The first kappa shape index (κ1) is 27.7. The van der Waals surface area contributed by atoms with Gasteiger partial charge < -0.3 is 25.1 Å². The van der Waals surface area contributed by atoms with Crippen molar-refractivity contribution < 1.29 is 9.90 Å². The number of piperazine rings is 1. The van der Waals surface area contributed by atoms with Crippen molar-refractivity contribution in [2.45, 2.75) is 64.4 Å². The van der Waals surface area contributed by atoms with Gasteiger partial charge in [0.1, 0.15) is 12.2 Å². The minimum atomic E-state index is -0.950. The molecule has 216 valence electrons. The minimum absolute atomic E-state index is 0.0965. The molecule has 1 fully saturated rings. The molecule has 2 aromatic rings. The van der Waals surface area contributed by atoms with Gasteiger partial charge in [-0.1, -0.05) is 12.1 Å². The predicted molar refractivity (Wildman–Crippen MR) is 166 cm³/mol. The number of nitrogens with zero attached hydrogens (tertiary/aromatic N) is 5.